The molecule has 0 spiro atoms. The lowest BCUT2D eigenvalue weighted by Crippen LogP contribution is -2.50. The number of methoxy groups -OCH3 is 1. The zero-order valence-electron chi connectivity index (χ0n) is 32.2. The van der Waals surface area contributed by atoms with Gasteiger partial charge in [-0.2, -0.15) is 0 Å². The number of nitrogens with one attached hydrogen (secondary N) is 4. The number of nitrogens with zero attached hydrogens (tertiary/aromatic N) is 4. The lowest BCUT2D eigenvalue weighted by molar-refractivity contribution is -0.138. The summed E-state index contributed by atoms with van der Waals surface area (Å²) in [5.41, 5.74) is 4.87. The first-order chi connectivity index (χ1) is 24.8. The van der Waals surface area contributed by atoms with Gasteiger partial charge in [-0.15, -0.1) is 0 Å². The summed E-state index contributed by atoms with van der Waals surface area (Å²) in [6.07, 6.45) is 12.0. The summed E-state index contributed by atoms with van der Waals surface area (Å²) in [5.74, 6) is 1.64. The van der Waals surface area contributed by atoms with Crippen LogP contribution in [0.5, 0.6) is 0 Å². The molecule has 1 saturated heterocycles. The molecular formula is C40H58N8O4. The van der Waals surface area contributed by atoms with Crippen LogP contribution in [0.15, 0.2) is 36.7 Å². The van der Waals surface area contributed by atoms with E-state index in [0.717, 1.165) is 75.0 Å². The Kier molecular flexibility index (Phi) is 10.9. The van der Waals surface area contributed by atoms with Gasteiger partial charge in [0, 0.05) is 23.9 Å². The third kappa shape index (κ3) is 7.23. The second-order valence-corrected chi connectivity index (χ2v) is 16.4. The van der Waals surface area contributed by atoms with Crippen molar-refractivity contribution in [1.29, 1.82) is 0 Å². The van der Waals surface area contributed by atoms with E-state index in [0.29, 0.717) is 5.82 Å². The van der Waals surface area contributed by atoms with Crippen molar-refractivity contribution in [1.82, 2.24) is 40.4 Å². The van der Waals surface area contributed by atoms with Crippen molar-refractivity contribution in [2.75, 3.05) is 27.7 Å². The van der Waals surface area contributed by atoms with Crippen LogP contribution in [0.2, 0.25) is 0 Å². The Bertz CT molecular complexity index is 1690. The van der Waals surface area contributed by atoms with Crippen LogP contribution < -0.4 is 10.6 Å². The molecule has 3 saturated carbocycles. The fraction of sp³-hybridized carbons (Fsp3) is 0.625. The summed E-state index contributed by atoms with van der Waals surface area (Å²) < 4.78 is 4.69. The number of aromatic amines is 2. The highest BCUT2D eigenvalue weighted by atomic mass is 16.5. The Labute approximate surface area is 308 Å². The summed E-state index contributed by atoms with van der Waals surface area (Å²) in [6.45, 7) is 10.6. The van der Waals surface area contributed by atoms with Crippen LogP contribution in [0, 0.1) is 11.8 Å². The minimum absolute atomic E-state index is 0.0177. The molecule has 0 radical (unpaired) electrons. The van der Waals surface area contributed by atoms with Crippen molar-refractivity contribution >= 4 is 17.9 Å². The van der Waals surface area contributed by atoms with E-state index in [2.05, 4.69) is 84.4 Å². The van der Waals surface area contributed by atoms with Gasteiger partial charge in [0.1, 0.15) is 17.7 Å². The molecule has 1 aromatic carbocycles. The predicted octanol–water partition coefficient (Wildman–Crippen LogP) is 6.15. The van der Waals surface area contributed by atoms with Gasteiger partial charge in [-0.25, -0.2) is 14.8 Å². The fourth-order valence-electron chi connectivity index (χ4n) is 9.18. The van der Waals surface area contributed by atoms with E-state index in [1.54, 1.807) is 6.20 Å². The topological polar surface area (TPSA) is 148 Å². The number of rotatable bonds is 12. The molecule has 7 rings (SSSR count). The summed E-state index contributed by atoms with van der Waals surface area (Å²) in [4.78, 5) is 59.1. The number of hydrogen-bond donors (Lipinski definition) is 4. The number of hydrogen-bond acceptors (Lipinski definition) is 7. The molecule has 3 aromatic rings. The lowest BCUT2D eigenvalue weighted by atomic mass is 9.51. The number of alkyl carbamates (subject to hydrolysis) is 1. The first kappa shape index (κ1) is 37.6. The molecule has 4 N–H and O–H groups in total. The molecule has 4 unspecified atom stereocenters. The Morgan fingerprint density at radius 3 is 2.13 bits per heavy atom. The summed E-state index contributed by atoms with van der Waals surface area (Å²) in [7, 11) is 5.27. The summed E-state index contributed by atoms with van der Waals surface area (Å²) in [6, 6.07) is 7.70. The average molecular weight is 715 g/mol. The molecule has 3 amide bonds. The molecule has 2 aromatic heterocycles. The minimum Gasteiger partial charge on any atom is -0.453 e. The number of fused-ring (bicyclic) bond motifs is 3. The van der Waals surface area contributed by atoms with E-state index in [9.17, 15) is 14.4 Å². The second kappa shape index (κ2) is 15.0. The number of carbonyl (C=O) groups excluding carboxylic acids is 3. The van der Waals surface area contributed by atoms with Crippen LogP contribution in [0.1, 0.15) is 121 Å². The zero-order chi connectivity index (χ0) is 37.4. The van der Waals surface area contributed by atoms with Gasteiger partial charge < -0.3 is 30.2 Å². The Morgan fingerprint density at radius 2 is 1.54 bits per heavy atom. The number of likely N-dealkylation sites (N-methyl/N-ethyl adjacent to an activating group) is 1. The Morgan fingerprint density at radius 1 is 0.885 bits per heavy atom. The van der Waals surface area contributed by atoms with Gasteiger partial charge in [0.2, 0.25) is 11.8 Å². The van der Waals surface area contributed by atoms with Gasteiger partial charge in [-0.1, -0.05) is 52.0 Å². The van der Waals surface area contributed by atoms with Crippen LogP contribution in [0.3, 0.4) is 0 Å². The van der Waals surface area contributed by atoms with Crippen molar-refractivity contribution in [2.45, 2.75) is 121 Å². The number of imidazole rings is 2. The first-order valence-corrected chi connectivity index (χ1v) is 19.1. The van der Waals surface area contributed by atoms with E-state index in [4.69, 9.17) is 4.98 Å². The molecule has 282 valence electrons. The smallest absolute Gasteiger partial charge is 0.407 e. The third-order valence-corrected chi connectivity index (χ3v) is 12.3. The quantitative estimate of drug-likeness (QED) is 0.176. The molecule has 12 heteroatoms. The highest BCUT2D eigenvalue weighted by Crippen LogP contribution is 2.58. The average Bonchev–Trinajstić information content (AvgIpc) is 3.92. The standard InChI is InChI=1S/C40H58N8O4/c1-24(2)32(46-38(51)52-8)36(49)43-26(5)34-41-22-29(44-34)27-11-13-28(14-12-27)39-15-18-40(19-16-39,20-17-39)31-23-42-35(45-31)30-10-9-21-48(30)37(50)33(25(3)4)47(6)7/h11-14,22-26,30,32-33H,9-10,15-21H2,1-8H3,(H,41,44)(H,42,45)(H,43,49)(H,46,51). The number of H-pyrrole nitrogens is 2. The van der Waals surface area contributed by atoms with E-state index in [-0.39, 0.29) is 52.6 Å². The van der Waals surface area contributed by atoms with E-state index >= 15 is 0 Å². The van der Waals surface area contributed by atoms with Crippen molar-refractivity contribution in [3.8, 4) is 11.3 Å². The van der Waals surface area contributed by atoms with Gasteiger partial charge in [-0.3, -0.25) is 14.5 Å². The van der Waals surface area contributed by atoms with E-state index in [1.165, 1.54) is 18.4 Å². The Balaban J connectivity index is 1.08. The molecule has 2 bridgehead atoms. The van der Waals surface area contributed by atoms with Gasteiger partial charge in [-0.05, 0) is 101 Å². The molecule has 12 nitrogen and oxygen atoms in total. The van der Waals surface area contributed by atoms with Gasteiger partial charge in [0.05, 0.1) is 37.1 Å². The van der Waals surface area contributed by atoms with Crippen molar-refractivity contribution in [2.24, 2.45) is 11.8 Å². The minimum atomic E-state index is -0.719. The molecule has 52 heavy (non-hydrogen) atoms. The van der Waals surface area contributed by atoms with Crippen molar-refractivity contribution < 1.29 is 19.1 Å². The molecule has 3 aliphatic carbocycles. The molecule has 4 fully saturated rings. The SMILES string of the molecule is COC(=O)NC(C(=O)NC(C)c1ncc(-c2ccc(C34CCC(c5cnc(C6CCCN6C(=O)C(C(C)C)N(C)C)[nH]5)(CC3)CC4)cc2)[nH]1)C(C)C. The number of amides is 3. The molecular weight excluding hydrogens is 656 g/mol. The first-order valence-electron chi connectivity index (χ1n) is 19.1. The van der Waals surface area contributed by atoms with E-state index in [1.807, 2.05) is 34.9 Å². The molecule has 1 aliphatic heterocycles. The number of ether oxygens (including phenoxy) is 1. The fourth-order valence-corrected chi connectivity index (χ4v) is 9.18. The summed E-state index contributed by atoms with van der Waals surface area (Å²) >= 11 is 0. The molecule has 3 heterocycles. The van der Waals surface area contributed by atoms with Crippen LogP contribution in [0.25, 0.3) is 11.3 Å². The van der Waals surface area contributed by atoms with Crippen LogP contribution in [0.4, 0.5) is 4.79 Å². The number of carbonyl (C=O) groups is 3. The number of benzene rings is 1. The highest BCUT2D eigenvalue weighted by molar-refractivity contribution is 5.86. The van der Waals surface area contributed by atoms with Crippen LogP contribution in [-0.4, -0.2) is 87.5 Å². The van der Waals surface area contributed by atoms with Gasteiger partial charge in [0.25, 0.3) is 0 Å². The third-order valence-electron chi connectivity index (χ3n) is 12.3. The van der Waals surface area contributed by atoms with Crippen molar-refractivity contribution in [3.63, 3.8) is 0 Å². The lowest BCUT2D eigenvalue weighted by Gasteiger charge is -2.53. The number of aromatic nitrogens is 4. The zero-order valence-corrected chi connectivity index (χ0v) is 32.2. The maximum atomic E-state index is 13.7. The molecule has 4 atom stereocenters. The monoisotopic (exact) mass is 714 g/mol. The highest BCUT2D eigenvalue weighted by Gasteiger charge is 2.51. The van der Waals surface area contributed by atoms with Gasteiger partial charge in [0.15, 0.2) is 0 Å². The molecule has 4 aliphatic rings. The summed E-state index contributed by atoms with van der Waals surface area (Å²) in [5, 5.41) is 5.57. The van der Waals surface area contributed by atoms with E-state index < -0.39 is 12.1 Å². The van der Waals surface area contributed by atoms with Crippen LogP contribution >= 0.6 is 0 Å². The normalized spacial score (nSPS) is 24.7. The maximum absolute atomic E-state index is 13.7. The van der Waals surface area contributed by atoms with Gasteiger partial charge >= 0.3 is 6.09 Å². The van der Waals surface area contributed by atoms with Crippen LogP contribution in [-0.2, 0) is 25.2 Å². The van der Waals surface area contributed by atoms with Crippen molar-refractivity contribution in [3.05, 3.63) is 59.6 Å². The maximum Gasteiger partial charge on any atom is 0.407 e. The number of likely N-dealkylation sites (tertiary alicyclic amines) is 1. The Hall–Kier alpha value is -4.19. The second-order valence-electron chi connectivity index (χ2n) is 16.4. The predicted molar refractivity (Wildman–Crippen MR) is 200 cm³/mol. The largest absolute Gasteiger partial charge is 0.453 e.